The molecule has 1 aliphatic rings. The molecule has 0 spiro atoms. The van der Waals surface area contributed by atoms with Crippen molar-refractivity contribution in [2.24, 2.45) is 0 Å². The highest BCUT2D eigenvalue weighted by atomic mass is 32.2. The fourth-order valence-electron chi connectivity index (χ4n) is 2.68. The lowest BCUT2D eigenvalue weighted by Gasteiger charge is -2.15. The van der Waals surface area contributed by atoms with E-state index in [-0.39, 0.29) is 35.1 Å². The van der Waals surface area contributed by atoms with Gasteiger partial charge in [-0.05, 0) is 30.3 Å². The summed E-state index contributed by atoms with van der Waals surface area (Å²) in [5.74, 6) is -1.61. The molecule has 0 saturated carbocycles. The van der Waals surface area contributed by atoms with E-state index in [2.05, 4.69) is 5.32 Å². The van der Waals surface area contributed by atoms with E-state index >= 15 is 0 Å². The van der Waals surface area contributed by atoms with Gasteiger partial charge in [-0.2, -0.15) is 0 Å². The Morgan fingerprint density at radius 2 is 1.85 bits per heavy atom. The topological polar surface area (TPSA) is 110 Å². The molecule has 2 aromatic rings. The number of nitrogens with zero attached hydrogens (tertiary/aromatic N) is 1. The summed E-state index contributed by atoms with van der Waals surface area (Å²) in [6.45, 7) is 0.769. The van der Waals surface area contributed by atoms with Crippen molar-refractivity contribution in [2.45, 2.75) is 11.8 Å². The summed E-state index contributed by atoms with van der Waals surface area (Å²) in [5.41, 5.74) is 0.733. The third kappa shape index (κ3) is 3.68. The zero-order chi connectivity index (χ0) is 19.6. The zero-order valence-corrected chi connectivity index (χ0v) is 15.2. The van der Waals surface area contributed by atoms with Crippen LogP contribution in [0.1, 0.15) is 27.6 Å². The third-order valence-corrected chi connectivity index (χ3v) is 5.70. The summed E-state index contributed by atoms with van der Waals surface area (Å²) >= 11 is 0. The Morgan fingerprint density at radius 1 is 1.11 bits per heavy atom. The predicted octanol–water partition coefficient (Wildman–Crippen LogP) is 1.65. The van der Waals surface area contributed by atoms with Crippen LogP contribution in [0.4, 0.5) is 5.69 Å². The van der Waals surface area contributed by atoms with E-state index in [0.29, 0.717) is 9.99 Å². The number of ether oxygens (including phenoxy) is 1. The zero-order valence-electron chi connectivity index (χ0n) is 14.3. The number of anilines is 1. The fraction of sp³-hybridized carbons (Fsp3) is 0.167. The van der Waals surface area contributed by atoms with Crippen molar-refractivity contribution in [3.8, 4) is 0 Å². The highest BCUT2D eigenvalue weighted by Crippen LogP contribution is 2.29. The van der Waals surface area contributed by atoms with Gasteiger partial charge in [-0.3, -0.25) is 9.59 Å². The van der Waals surface area contributed by atoms with E-state index in [9.17, 15) is 22.8 Å². The molecule has 2 aromatic carbocycles. The lowest BCUT2D eigenvalue weighted by Crippen LogP contribution is -2.33. The second-order valence-electron chi connectivity index (χ2n) is 5.78. The average Bonchev–Trinajstić information content (AvgIpc) is 2.82. The minimum absolute atomic E-state index is 0.0515. The molecule has 0 bridgehead atoms. The number of carbonyl (C=O) groups is 3. The first-order chi connectivity index (χ1) is 12.8. The van der Waals surface area contributed by atoms with Crippen LogP contribution in [-0.4, -0.2) is 43.7 Å². The van der Waals surface area contributed by atoms with E-state index in [0.717, 1.165) is 0 Å². The number of sulfonamides is 1. The Morgan fingerprint density at radius 3 is 2.56 bits per heavy atom. The van der Waals surface area contributed by atoms with Crippen LogP contribution in [0.5, 0.6) is 0 Å². The molecule has 0 radical (unpaired) electrons. The summed E-state index contributed by atoms with van der Waals surface area (Å²) in [5, 5.41) is 2.55. The van der Waals surface area contributed by atoms with Crippen molar-refractivity contribution in [3.05, 3.63) is 59.7 Å². The Labute approximate surface area is 155 Å². The Hall–Kier alpha value is -3.20. The maximum atomic E-state index is 12.4. The minimum Gasteiger partial charge on any atom is -0.460 e. The molecule has 0 aromatic heterocycles. The molecule has 9 heteroatoms. The van der Waals surface area contributed by atoms with Crippen LogP contribution in [0.15, 0.2) is 53.4 Å². The Balaban J connectivity index is 1.65. The second kappa shape index (κ2) is 7.20. The second-order valence-corrected chi connectivity index (χ2v) is 7.61. The van der Waals surface area contributed by atoms with E-state index in [1.807, 2.05) is 0 Å². The standard InChI is InChI=1S/C18H16N2O6S/c1-12(21)19-14-6-4-5-13(11-14)18(23)26-10-9-20-17(22)15-7-2-3-8-16(15)27(20,24)25/h2-8,11H,9-10H2,1H3,(H,19,21). The quantitative estimate of drug-likeness (QED) is 0.780. The van der Waals surface area contributed by atoms with Gasteiger partial charge < -0.3 is 10.1 Å². The van der Waals surface area contributed by atoms with Crippen LogP contribution in [-0.2, 0) is 19.6 Å². The van der Waals surface area contributed by atoms with Crippen LogP contribution >= 0.6 is 0 Å². The molecule has 3 rings (SSSR count). The first-order valence-corrected chi connectivity index (χ1v) is 9.45. The van der Waals surface area contributed by atoms with Crippen molar-refractivity contribution in [2.75, 3.05) is 18.5 Å². The fourth-order valence-corrected chi connectivity index (χ4v) is 4.24. The van der Waals surface area contributed by atoms with Gasteiger partial charge in [-0.15, -0.1) is 0 Å². The number of rotatable bonds is 5. The smallest absolute Gasteiger partial charge is 0.338 e. The number of hydrogen-bond acceptors (Lipinski definition) is 6. The van der Waals surface area contributed by atoms with Crippen molar-refractivity contribution >= 4 is 33.5 Å². The molecule has 0 saturated heterocycles. The number of fused-ring (bicyclic) bond motifs is 1. The highest BCUT2D eigenvalue weighted by Gasteiger charge is 2.40. The highest BCUT2D eigenvalue weighted by molar-refractivity contribution is 7.90. The monoisotopic (exact) mass is 388 g/mol. The van der Waals surface area contributed by atoms with Gasteiger partial charge in [0.15, 0.2) is 0 Å². The van der Waals surface area contributed by atoms with Gasteiger partial charge in [-0.1, -0.05) is 18.2 Å². The summed E-state index contributed by atoms with van der Waals surface area (Å²) in [7, 11) is -3.93. The molecule has 1 N–H and O–H groups in total. The molecule has 27 heavy (non-hydrogen) atoms. The number of nitrogens with one attached hydrogen (secondary N) is 1. The van der Waals surface area contributed by atoms with Gasteiger partial charge in [0.1, 0.15) is 11.5 Å². The van der Waals surface area contributed by atoms with Crippen LogP contribution < -0.4 is 5.32 Å². The Kier molecular flexibility index (Phi) is 4.95. The van der Waals surface area contributed by atoms with E-state index in [1.54, 1.807) is 18.2 Å². The molecular formula is C18H16N2O6S. The minimum atomic E-state index is -3.93. The molecular weight excluding hydrogens is 372 g/mol. The maximum Gasteiger partial charge on any atom is 0.338 e. The number of carbonyl (C=O) groups excluding carboxylic acids is 3. The molecule has 0 unspecified atom stereocenters. The summed E-state index contributed by atoms with van der Waals surface area (Å²) in [6.07, 6.45) is 0. The molecule has 0 fully saturated rings. The first-order valence-electron chi connectivity index (χ1n) is 8.01. The average molecular weight is 388 g/mol. The van der Waals surface area contributed by atoms with Gasteiger partial charge in [-0.25, -0.2) is 17.5 Å². The van der Waals surface area contributed by atoms with Gasteiger partial charge in [0.05, 0.1) is 17.7 Å². The number of amides is 2. The van der Waals surface area contributed by atoms with E-state index in [4.69, 9.17) is 4.74 Å². The van der Waals surface area contributed by atoms with Crippen molar-refractivity contribution < 1.29 is 27.5 Å². The predicted molar refractivity (Wildman–Crippen MR) is 95.7 cm³/mol. The van der Waals surface area contributed by atoms with Gasteiger partial charge >= 0.3 is 5.97 Å². The van der Waals surface area contributed by atoms with Gasteiger partial charge in [0, 0.05) is 12.6 Å². The Bertz CT molecular complexity index is 1030. The largest absolute Gasteiger partial charge is 0.460 e. The molecule has 1 aliphatic heterocycles. The lowest BCUT2D eigenvalue weighted by atomic mass is 10.2. The molecule has 0 atom stereocenters. The molecule has 140 valence electrons. The number of esters is 1. The molecule has 0 aliphatic carbocycles. The van der Waals surface area contributed by atoms with E-state index < -0.39 is 21.9 Å². The SMILES string of the molecule is CC(=O)Nc1cccc(C(=O)OCCN2C(=O)c3ccccc3S2(=O)=O)c1. The van der Waals surface area contributed by atoms with Gasteiger partial charge in [0.25, 0.3) is 15.9 Å². The van der Waals surface area contributed by atoms with Crippen molar-refractivity contribution in [3.63, 3.8) is 0 Å². The van der Waals surface area contributed by atoms with Gasteiger partial charge in [0.2, 0.25) is 5.91 Å². The number of hydrogen-bond donors (Lipinski definition) is 1. The summed E-state index contributed by atoms with van der Waals surface area (Å²) < 4.78 is 30.6. The molecule has 2 amide bonds. The van der Waals surface area contributed by atoms with Crippen LogP contribution in [0.3, 0.4) is 0 Å². The molecule has 8 nitrogen and oxygen atoms in total. The third-order valence-electron chi connectivity index (χ3n) is 3.86. The maximum absolute atomic E-state index is 12.4. The first kappa shape index (κ1) is 18.6. The lowest BCUT2D eigenvalue weighted by molar-refractivity contribution is -0.114. The van der Waals surface area contributed by atoms with E-state index in [1.165, 1.54) is 37.3 Å². The summed E-state index contributed by atoms with van der Waals surface area (Å²) in [4.78, 5) is 35.4. The van der Waals surface area contributed by atoms with Crippen molar-refractivity contribution in [1.29, 1.82) is 0 Å². The van der Waals surface area contributed by atoms with Crippen LogP contribution in [0.2, 0.25) is 0 Å². The number of benzene rings is 2. The van der Waals surface area contributed by atoms with Crippen LogP contribution in [0.25, 0.3) is 0 Å². The normalized spacial score (nSPS) is 14.6. The van der Waals surface area contributed by atoms with Crippen molar-refractivity contribution in [1.82, 2.24) is 4.31 Å². The van der Waals surface area contributed by atoms with Crippen LogP contribution in [0, 0.1) is 0 Å². The summed E-state index contributed by atoms with van der Waals surface area (Å²) in [6, 6.07) is 12.1. The molecule has 1 heterocycles.